The van der Waals surface area contributed by atoms with E-state index in [2.05, 4.69) is 5.32 Å². The van der Waals surface area contributed by atoms with E-state index in [4.69, 9.17) is 4.74 Å². The lowest BCUT2D eigenvalue weighted by molar-refractivity contribution is -0.115. The molecule has 0 aliphatic carbocycles. The van der Waals surface area contributed by atoms with Crippen LogP contribution in [-0.4, -0.2) is 5.91 Å². The van der Waals surface area contributed by atoms with E-state index in [1.807, 2.05) is 0 Å². The third-order valence-electron chi connectivity index (χ3n) is 0.882. The number of amides is 1. The SMILES string of the molecule is CC1=CC(=O)NC=CO1. The second-order valence-corrected chi connectivity index (χ2v) is 1.68. The van der Waals surface area contributed by atoms with Crippen LogP contribution in [-0.2, 0) is 9.53 Å². The largest absolute Gasteiger partial charge is 0.468 e. The minimum absolute atomic E-state index is 0.152. The quantitative estimate of drug-likeness (QED) is 0.512. The van der Waals surface area contributed by atoms with Gasteiger partial charge < -0.3 is 10.1 Å². The number of hydrogen-bond acceptors (Lipinski definition) is 2. The molecule has 0 bridgehead atoms. The summed E-state index contributed by atoms with van der Waals surface area (Å²) in [6.45, 7) is 1.72. The van der Waals surface area contributed by atoms with Crippen LogP contribution in [0.25, 0.3) is 0 Å². The third kappa shape index (κ3) is 1.60. The molecule has 9 heavy (non-hydrogen) atoms. The van der Waals surface area contributed by atoms with Crippen LogP contribution in [0, 0.1) is 0 Å². The van der Waals surface area contributed by atoms with Crippen molar-refractivity contribution in [2.45, 2.75) is 6.92 Å². The van der Waals surface area contributed by atoms with Crippen LogP contribution in [0.2, 0.25) is 0 Å². The molecular formula is C6H7NO2. The van der Waals surface area contributed by atoms with Gasteiger partial charge in [0.05, 0.1) is 0 Å². The first-order valence-corrected chi connectivity index (χ1v) is 2.59. The second-order valence-electron chi connectivity index (χ2n) is 1.68. The van der Waals surface area contributed by atoms with Gasteiger partial charge in [-0.05, 0) is 6.92 Å². The number of rotatable bonds is 0. The lowest BCUT2D eigenvalue weighted by Gasteiger charge is -1.91. The Morgan fingerprint density at radius 2 is 2.44 bits per heavy atom. The summed E-state index contributed by atoms with van der Waals surface area (Å²) < 4.78 is 4.87. The molecule has 1 heterocycles. The summed E-state index contributed by atoms with van der Waals surface area (Å²) in [5.41, 5.74) is 0. The van der Waals surface area contributed by atoms with Gasteiger partial charge in [0.2, 0.25) is 0 Å². The normalized spacial score (nSPS) is 17.4. The fourth-order valence-electron chi connectivity index (χ4n) is 0.518. The van der Waals surface area contributed by atoms with Crippen LogP contribution in [0.5, 0.6) is 0 Å². The molecule has 1 aliphatic heterocycles. The topological polar surface area (TPSA) is 38.3 Å². The summed E-state index contributed by atoms with van der Waals surface area (Å²) in [5, 5.41) is 2.45. The van der Waals surface area contributed by atoms with Crippen molar-refractivity contribution in [3.63, 3.8) is 0 Å². The number of allylic oxidation sites excluding steroid dienone is 1. The first-order chi connectivity index (χ1) is 4.29. The lowest BCUT2D eigenvalue weighted by atomic mass is 10.5. The highest BCUT2D eigenvalue weighted by Crippen LogP contribution is 1.97. The molecule has 0 unspecified atom stereocenters. The van der Waals surface area contributed by atoms with Gasteiger partial charge in [-0.1, -0.05) is 0 Å². The lowest BCUT2D eigenvalue weighted by Crippen LogP contribution is -2.12. The van der Waals surface area contributed by atoms with E-state index in [1.165, 1.54) is 18.5 Å². The zero-order valence-electron chi connectivity index (χ0n) is 5.05. The van der Waals surface area contributed by atoms with E-state index < -0.39 is 0 Å². The minimum atomic E-state index is -0.152. The van der Waals surface area contributed by atoms with Crippen molar-refractivity contribution in [2.24, 2.45) is 0 Å². The van der Waals surface area contributed by atoms with Gasteiger partial charge in [0.25, 0.3) is 5.91 Å². The Labute approximate surface area is 53.0 Å². The average Bonchev–Trinajstić information content (AvgIpc) is 1.93. The molecular weight excluding hydrogens is 118 g/mol. The number of hydrogen-bond donors (Lipinski definition) is 1. The summed E-state index contributed by atoms with van der Waals surface area (Å²) in [5.74, 6) is 0.447. The van der Waals surface area contributed by atoms with Crippen molar-refractivity contribution in [1.29, 1.82) is 0 Å². The summed E-state index contributed by atoms with van der Waals surface area (Å²) >= 11 is 0. The zero-order valence-corrected chi connectivity index (χ0v) is 5.05. The van der Waals surface area contributed by atoms with Crippen molar-refractivity contribution in [3.05, 3.63) is 24.3 Å². The van der Waals surface area contributed by atoms with E-state index in [-0.39, 0.29) is 5.91 Å². The monoisotopic (exact) mass is 125 g/mol. The van der Waals surface area contributed by atoms with Gasteiger partial charge >= 0.3 is 0 Å². The summed E-state index contributed by atoms with van der Waals surface area (Å²) in [6, 6.07) is 0. The van der Waals surface area contributed by atoms with Crippen LogP contribution < -0.4 is 5.32 Å². The van der Waals surface area contributed by atoms with Gasteiger partial charge in [0.1, 0.15) is 12.0 Å². The molecule has 0 aromatic carbocycles. The van der Waals surface area contributed by atoms with Gasteiger partial charge in [-0.3, -0.25) is 4.79 Å². The Balaban J connectivity index is 2.73. The van der Waals surface area contributed by atoms with Crippen molar-refractivity contribution in [2.75, 3.05) is 0 Å². The van der Waals surface area contributed by atoms with Crippen LogP contribution in [0.3, 0.4) is 0 Å². The maximum atomic E-state index is 10.6. The Morgan fingerprint density at radius 3 is 3.22 bits per heavy atom. The van der Waals surface area contributed by atoms with Crippen molar-refractivity contribution < 1.29 is 9.53 Å². The van der Waals surface area contributed by atoms with Crippen LogP contribution in [0.4, 0.5) is 0 Å². The molecule has 0 radical (unpaired) electrons. The molecule has 0 atom stereocenters. The molecule has 1 aliphatic rings. The number of nitrogens with one attached hydrogen (secondary N) is 1. The van der Waals surface area contributed by atoms with E-state index in [9.17, 15) is 4.79 Å². The maximum Gasteiger partial charge on any atom is 0.251 e. The van der Waals surface area contributed by atoms with E-state index in [0.29, 0.717) is 5.76 Å². The van der Waals surface area contributed by atoms with Crippen LogP contribution in [0.1, 0.15) is 6.92 Å². The predicted molar refractivity (Wildman–Crippen MR) is 32.1 cm³/mol. The van der Waals surface area contributed by atoms with Crippen LogP contribution >= 0.6 is 0 Å². The molecule has 0 spiro atoms. The highest BCUT2D eigenvalue weighted by atomic mass is 16.5. The first kappa shape index (κ1) is 5.88. The molecule has 1 N–H and O–H groups in total. The smallest absolute Gasteiger partial charge is 0.251 e. The molecule has 0 fully saturated rings. The van der Waals surface area contributed by atoms with E-state index >= 15 is 0 Å². The zero-order chi connectivity index (χ0) is 6.69. The summed E-state index contributed by atoms with van der Waals surface area (Å²) in [4.78, 5) is 10.6. The second kappa shape index (κ2) is 2.35. The Kier molecular flexibility index (Phi) is 1.53. The Hall–Kier alpha value is -1.25. The van der Waals surface area contributed by atoms with Gasteiger partial charge in [-0.25, -0.2) is 0 Å². The number of carbonyl (C=O) groups is 1. The summed E-state index contributed by atoms with van der Waals surface area (Å²) in [6.07, 6.45) is 4.27. The van der Waals surface area contributed by atoms with E-state index in [0.717, 1.165) is 0 Å². The van der Waals surface area contributed by atoms with Gasteiger partial charge in [-0.2, -0.15) is 0 Å². The maximum absolute atomic E-state index is 10.6. The molecule has 0 saturated heterocycles. The predicted octanol–water partition coefficient (Wildman–Crippen LogP) is 0.508. The number of carbonyl (C=O) groups excluding carboxylic acids is 1. The molecule has 1 rings (SSSR count). The standard InChI is InChI=1S/C6H7NO2/c1-5-4-6(8)7-2-3-9-5/h2-4H,1H3,(H,7,8). The molecule has 48 valence electrons. The molecule has 1 amide bonds. The molecule has 3 nitrogen and oxygen atoms in total. The summed E-state index contributed by atoms with van der Waals surface area (Å²) in [7, 11) is 0. The Bertz CT molecular complexity index is 181. The van der Waals surface area contributed by atoms with Crippen LogP contribution in [0.15, 0.2) is 24.3 Å². The minimum Gasteiger partial charge on any atom is -0.468 e. The van der Waals surface area contributed by atoms with Crippen molar-refractivity contribution >= 4 is 5.91 Å². The average molecular weight is 125 g/mol. The van der Waals surface area contributed by atoms with Gasteiger partial charge in [0, 0.05) is 12.3 Å². The first-order valence-electron chi connectivity index (χ1n) is 2.59. The highest BCUT2D eigenvalue weighted by Gasteiger charge is 1.97. The van der Waals surface area contributed by atoms with Crippen molar-refractivity contribution in [1.82, 2.24) is 5.32 Å². The Morgan fingerprint density at radius 1 is 1.67 bits per heavy atom. The fourth-order valence-corrected chi connectivity index (χ4v) is 0.518. The molecule has 3 heteroatoms. The molecule has 0 aromatic rings. The van der Waals surface area contributed by atoms with E-state index in [1.54, 1.807) is 6.92 Å². The van der Waals surface area contributed by atoms with Gasteiger partial charge in [-0.15, -0.1) is 0 Å². The van der Waals surface area contributed by atoms with Gasteiger partial charge in [0.15, 0.2) is 0 Å². The third-order valence-corrected chi connectivity index (χ3v) is 0.882. The number of ether oxygens (including phenoxy) is 1. The fraction of sp³-hybridized carbons (Fsp3) is 0.167. The highest BCUT2D eigenvalue weighted by molar-refractivity contribution is 5.88. The molecule has 0 aromatic heterocycles. The van der Waals surface area contributed by atoms with Crippen molar-refractivity contribution in [3.8, 4) is 0 Å². The molecule has 0 saturated carbocycles.